The third kappa shape index (κ3) is 1.82. The highest BCUT2D eigenvalue weighted by Gasteiger charge is 2.12. The van der Waals surface area contributed by atoms with Gasteiger partial charge >= 0.3 is 7.12 Å². The van der Waals surface area contributed by atoms with E-state index in [9.17, 15) is 0 Å². The largest absolute Gasteiger partial charge is 0.490 e. The summed E-state index contributed by atoms with van der Waals surface area (Å²) in [5.41, 5.74) is 1.65. The Morgan fingerprint density at radius 3 is 2.58 bits per heavy atom. The van der Waals surface area contributed by atoms with Crippen molar-refractivity contribution >= 4 is 12.6 Å². The molecule has 5 heteroatoms. The van der Waals surface area contributed by atoms with Crippen LogP contribution in [0, 0.1) is 6.92 Å². The van der Waals surface area contributed by atoms with Crippen molar-refractivity contribution in [2.45, 2.75) is 13.5 Å². The van der Waals surface area contributed by atoms with Crippen LogP contribution in [0.1, 0.15) is 11.3 Å². The Morgan fingerprint density at radius 1 is 1.50 bits per heavy atom. The van der Waals surface area contributed by atoms with Crippen molar-refractivity contribution in [3.63, 3.8) is 0 Å². The van der Waals surface area contributed by atoms with Crippen LogP contribution in [0.15, 0.2) is 12.3 Å². The molecule has 0 amide bonds. The SMILES string of the molecule is Cc1cc(B(O)O)cnc1CO. The first-order valence-corrected chi connectivity index (χ1v) is 3.57. The lowest BCUT2D eigenvalue weighted by Crippen LogP contribution is -2.30. The maximum absolute atomic E-state index is 8.76. The average Bonchev–Trinajstić information content (AvgIpc) is 2.04. The Morgan fingerprint density at radius 2 is 2.17 bits per heavy atom. The van der Waals surface area contributed by atoms with Gasteiger partial charge in [0.25, 0.3) is 0 Å². The van der Waals surface area contributed by atoms with Crippen molar-refractivity contribution in [1.29, 1.82) is 0 Å². The Hall–Kier alpha value is -0.905. The number of pyridine rings is 1. The summed E-state index contributed by atoms with van der Waals surface area (Å²) in [4.78, 5) is 3.85. The van der Waals surface area contributed by atoms with Crippen LogP contribution in [0.25, 0.3) is 0 Å². The number of rotatable bonds is 2. The van der Waals surface area contributed by atoms with Gasteiger partial charge in [-0.15, -0.1) is 0 Å². The van der Waals surface area contributed by atoms with E-state index < -0.39 is 7.12 Å². The Balaban J connectivity index is 3.02. The van der Waals surface area contributed by atoms with Crippen molar-refractivity contribution in [2.24, 2.45) is 0 Å². The zero-order valence-corrected chi connectivity index (χ0v) is 6.73. The van der Waals surface area contributed by atoms with Crippen molar-refractivity contribution in [3.05, 3.63) is 23.5 Å². The predicted molar refractivity (Wildman–Crippen MR) is 44.7 cm³/mol. The second-order valence-electron chi connectivity index (χ2n) is 2.56. The van der Waals surface area contributed by atoms with E-state index >= 15 is 0 Å². The summed E-state index contributed by atoms with van der Waals surface area (Å²) in [5.74, 6) is 0. The van der Waals surface area contributed by atoms with E-state index in [-0.39, 0.29) is 6.61 Å². The van der Waals surface area contributed by atoms with Crippen LogP contribution in [0.5, 0.6) is 0 Å². The van der Waals surface area contributed by atoms with E-state index in [4.69, 9.17) is 15.2 Å². The van der Waals surface area contributed by atoms with Gasteiger partial charge in [0.1, 0.15) is 0 Å². The second-order valence-corrected chi connectivity index (χ2v) is 2.56. The summed E-state index contributed by atoms with van der Waals surface area (Å²) in [5, 5.41) is 26.3. The van der Waals surface area contributed by atoms with E-state index in [1.807, 2.05) is 0 Å². The van der Waals surface area contributed by atoms with Crippen molar-refractivity contribution in [2.75, 3.05) is 0 Å². The molecule has 0 aromatic carbocycles. The maximum atomic E-state index is 8.76. The highest BCUT2D eigenvalue weighted by Crippen LogP contribution is 2.00. The normalized spacial score (nSPS) is 10.0. The maximum Gasteiger partial charge on any atom is 0.490 e. The van der Waals surface area contributed by atoms with E-state index in [2.05, 4.69) is 4.98 Å². The zero-order valence-electron chi connectivity index (χ0n) is 6.73. The highest BCUT2D eigenvalue weighted by atomic mass is 16.4. The highest BCUT2D eigenvalue weighted by molar-refractivity contribution is 6.58. The van der Waals surface area contributed by atoms with Crippen LogP contribution in [-0.2, 0) is 6.61 Å². The van der Waals surface area contributed by atoms with Crippen LogP contribution < -0.4 is 5.46 Å². The summed E-state index contributed by atoms with van der Waals surface area (Å²) in [6, 6.07) is 1.59. The minimum Gasteiger partial charge on any atom is -0.423 e. The molecule has 0 saturated heterocycles. The van der Waals surface area contributed by atoms with Gasteiger partial charge in [0, 0.05) is 11.7 Å². The molecule has 12 heavy (non-hydrogen) atoms. The predicted octanol–water partition coefficient (Wildman–Crippen LogP) is -1.44. The molecule has 0 aliphatic rings. The third-order valence-electron chi connectivity index (χ3n) is 1.66. The van der Waals surface area contributed by atoms with Crippen LogP contribution >= 0.6 is 0 Å². The molecule has 1 rings (SSSR count). The molecule has 1 aromatic rings. The smallest absolute Gasteiger partial charge is 0.423 e. The molecule has 1 aromatic heterocycles. The summed E-state index contributed by atoms with van der Waals surface area (Å²) in [6.07, 6.45) is 1.34. The summed E-state index contributed by atoms with van der Waals surface area (Å²) in [6.45, 7) is 1.62. The molecule has 3 N–H and O–H groups in total. The molecule has 0 radical (unpaired) electrons. The minimum absolute atomic E-state index is 0.131. The molecule has 0 atom stereocenters. The summed E-state index contributed by atoms with van der Waals surface area (Å²) < 4.78 is 0. The molecule has 0 aliphatic carbocycles. The Bertz CT molecular complexity index is 277. The fraction of sp³-hybridized carbons (Fsp3) is 0.286. The number of hydrogen-bond acceptors (Lipinski definition) is 4. The van der Waals surface area contributed by atoms with Crippen molar-refractivity contribution < 1.29 is 15.2 Å². The molecule has 0 spiro atoms. The Kier molecular flexibility index (Phi) is 2.81. The molecule has 0 fully saturated rings. The molecule has 4 nitrogen and oxygen atoms in total. The first-order valence-electron chi connectivity index (χ1n) is 3.57. The molecular formula is C7H10BNO3. The van der Waals surface area contributed by atoms with Gasteiger partial charge in [0.2, 0.25) is 0 Å². The summed E-state index contributed by atoms with van der Waals surface area (Å²) in [7, 11) is -1.50. The fourth-order valence-electron chi connectivity index (χ4n) is 0.932. The van der Waals surface area contributed by atoms with Gasteiger partial charge in [-0.1, -0.05) is 6.07 Å². The van der Waals surface area contributed by atoms with Crippen LogP contribution in [-0.4, -0.2) is 27.3 Å². The standard InChI is InChI=1S/C7H10BNO3/c1-5-2-6(8(11)12)3-9-7(5)4-10/h2-3,10-12H,4H2,1H3. The van der Waals surface area contributed by atoms with Gasteiger partial charge in [-0.3, -0.25) is 4.98 Å². The fourth-order valence-corrected chi connectivity index (χ4v) is 0.932. The average molecular weight is 167 g/mol. The second kappa shape index (κ2) is 3.66. The molecule has 0 aliphatic heterocycles. The Labute approximate surface area is 70.7 Å². The molecule has 1 heterocycles. The number of aliphatic hydroxyl groups is 1. The van der Waals surface area contributed by atoms with Crippen molar-refractivity contribution in [1.82, 2.24) is 4.98 Å². The molecule has 0 unspecified atom stereocenters. The van der Waals surface area contributed by atoms with Crippen LogP contribution in [0.4, 0.5) is 0 Å². The lowest BCUT2D eigenvalue weighted by molar-refractivity contribution is 0.276. The molecule has 0 saturated carbocycles. The van der Waals surface area contributed by atoms with Gasteiger partial charge in [-0.05, 0) is 12.5 Å². The van der Waals surface area contributed by atoms with Gasteiger partial charge in [-0.2, -0.15) is 0 Å². The minimum atomic E-state index is -1.50. The summed E-state index contributed by atoms with van der Waals surface area (Å²) >= 11 is 0. The van der Waals surface area contributed by atoms with Crippen LogP contribution in [0.3, 0.4) is 0 Å². The zero-order chi connectivity index (χ0) is 9.14. The van der Waals surface area contributed by atoms with Crippen LogP contribution in [0.2, 0.25) is 0 Å². The quantitative estimate of drug-likeness (QED) is 0.471. The molecule has 64 valence electrons. The monoisotopic (exact) mass is 167 g/mol. The van der Waals surface area contributed by atoms with E-state index in [1.165, 1.54) is 6.20 Å². The van der Waals surface area contributed by atoms with Gasteiger partial charge in [-0.25, -0.2) is 0 Å². The number of aliphatic hydroxyl groups excluding tert-OH is 1. The number of nitrogens with zero attached hydrogens (tertiary/aromatic N) is 1. The molecule has 0 bridgehead atoms. The van der Waals surface area contributed by atoms with E-state index in [0.717, 1.165) is 5.56 Å². The number of aromatic nitrogens is 1. The molecular weight excluding hydrogens is 157 g/mol. The first kappa shape index (κ1) is 9.19. The van der Waals surface area contributed by atoms with Gasteiger partial charge in [0.05, 0.1) is 12.3 Å². The lowest BCUT2D eigenvalue weighted by atomic mass is 9.81. The first-order chi connectivity index (χ1) is 5.65. The number of aryl methyl sites for hydroxylation is 1. The number of hydrogen-bond donors (Lipinski definition) is 3. The van der Waals surface area contributed by atoms with Gasteiger partial charge < -0.3 is 15.2 Å². The van der Waals surface area contributed by atoms with E-state index in [1.54, 1.807) is 13.0 Å². The lowest BCUT2D eigenvalue weighted by Gasteiger charge is -2.03. The van der Waals surface area contributed by atoms with E-state index in [0.29, 0.717) is 11.2 Å². The topological polar surface area (TPSA) is 73.6 Å². The van der Waals surface area contributed by atoms with Crippen molar-refractivity contribution in [3.8, 4) is 0 Å². The van der Waals surface area contributed by atoms with Gasteiger partial charge in [0.15, 0.2) is 0 Å². The third-order valence-corrected chi connectivity index (χ3v) is 1.66.